The van der Waals surface area contributed by atoms with Gasteiger partial charge < -0.3 is 5.73 Å². The number of hydrogen-bond donors (Lipinski definition) is 1. The average Bonchev–Trinajstić information content (AvgIpc) is 3.52. The first-order chi connectivity index (χ1) is 15.2. The van der Waals surface area contributed by atoms with Crippen LogP contribution >= 0.6 is 0 Å². The first-order valence-corrected chi connectivity index (χ1v) is 10.4. The quantitative estimate of drug-likeness (QED) is 0.482. The van der Waals surface area contributed by atoms with Gasteiger partial charge >= 0.3 is 0 Å². The van der Waals surface area contributed by atoms with Gasteiger partial charge in [0.2, 0.25) is 0 Å². The molecule has 1 aromatic carbocycles. The van der Waals surface area contributed by atoms with Gasteiger partial charge in [-0.15, -0.1) is 0 Å². The third-order valence-electron chi connectivity index (χ3n) is 6.07. The number of aryl methyl sites for hydroxylation is 1. The van der Waals surface area contributed by atoms with Crippen LogP contribution < -0.4 is 5.73 Å². The largest absolute Gasteiger partial charge is 0.383 e. The van der Waals surface area contributed by atoms with Gasteiger partial charge in [0, 0.05) is 24.3 Å². The van der Waals surface area contributed by atoms with Gasteiger partial charge in [-0.25, -0.2) is 19.6 Å². The van der Waals surface area contributed by atoms with Crippen molar-refractivity contribution in [3.05, 3.63) is 78.2 Å². The number of fused-ring (bicyclic) bond motifs is 2. The summed E-state index contributed by atoms with van der Waals surface area (Å²) in [5, 5.41) is 4.32. The minimum Gasteiger partial charge on any atom is -0.383 e. The molecule has 0 bridgehead atoms. The minimum absolute atomic E-state index is 0.445. The van der Waals surface area contributed by atoms with Gasteiger partial charge in [0.15, 0.2) is 17.3 Å². The molecule has 0 aliphatic heterocycles. The van der Waals surface area contributed by atoms with E-state index in [2.05, 4.69) is 39.8 Å². The van der Waals surface area contributed by atoms with Crippen molar-refractivity contribution in [2.75, 3.05) is 5.73 Å². The van der Waals surface area contributed by atoms with E-state index in [0.717, 1.165) is 40.5 Å². The van der Waals surface area contributed by atoms with Crippen molar-refractivity contribution in [1.82, 2.24) is 29.3 Å². The van der Waals surface area contributed by atoms with E-state index in [1.165, 1.54) is 17.5 Å². The van der Waals surface area contributed by atoms with E-state index in [-0.39, 0.29) is 0 Å². The van der Waals surface area contributed by atoms with Gasteiger partial charge in [0.25, 0.3) is 0 Å². The smallest absolute Gasteiger partial charge is 0.167 e. The van der Waals surface area contributed by atoms with E-state index in [0.29, 0.717) is 11.7 Å². The lowest BCUT2D eigenvalue weighted by molar-refractivity contribution is 0.747. The molecular formula is C24H21N7. The lowest BCUT2D eigenvalue weighted by atomic mass is 10.0. The van der Waals surface area contributed by atoms with Crippen molar-refractivity contribution in [3.8, 4) is 22.9 Å². The molecule has 7 nitrogen and oxygen atoms in total. The molecule has 0 spiro atoms. The van der Waals surface area contributed by atoms with Crippen LogP contribution in [0.5, 0.6) is 0 Å². The van der Waals surface area contributed by atoms with Crippen LogP contribution in [-0.4, -0.2) is 29.3 Å². The molecule has 152 valence electrons. The normalized spacial score (nSPS) is 15.5. The van der Waals surface area contributed by atoms with Crippen molar-refractivity contribution in [1.29, 1.82) is 0 Å². The molecule has 4 heterocycles. The van der Waals surface area contributed by atoms with E-state index in [4.69, 9.17) is 15.7 Å². The number of benzene rings is 1. The van der Waals surface area contributed by atoms with Crippen LogP contribution in [0.1, 0.15) is 30.4 Å². The average molecular weight is 407 g/mol. The van der Waals surface area contributed by atoms with Crippen LogP contribution in [0.25, 0.3) is 34.1 Å². The lowest BCUT2D eigenvalue weighted by Gasteiger charge is -2.13. The van der Waals surface area contributed by atoms with Crippen LogP contribution in [0.2, 0.25) is 0 Å². The summed E-state index contributed by atoms with van der Waals surface area (Å²) in [5.74, 6) is 2.51. The monoisotopic (exact) mass is 407 g/mol. The highest BCUT2D eigenvalue weighted by molar-refractivity contribution is 5.83. The van der Waals surface area contributed by atoms with Gasteiger partial charge in [-0.3, -0.25) is 4.57 Å². The Bertz CT molecular complexity index is 1420. The summed E-state index contributed by atoms with van der Waals surface area (Å²) in [5.41, 5.74) is 12.4. The molecule has 0 amide bonds. The Kier molecular flexibility index (Phi) is 3.89. The summed E-state index contributed by atoms with van der Waals surface area (Å²) in [4.78, 5) is 14.1. The highest BCUT2D eigenvalue weighted by Gasteiger charge is 2.22. The van der Waals surface area contributed by atoms with Crippen molar-refractivity contribution in [2.24, 2.45) is 0 Å². The van der Waals surface area contributed by atoms with Gasteiger partial charge in [-0.1, -0.05) is 13.0 Å². The molecule has 5 aromatic rings. The Labute approximate surface area is 179 Å². The number of aromatic nitrogens is 6. The number of pyridine rings is 2. The van der Waals surface area contributed by atoms with Crippen LogP contribution in [0, 0.1) is 0 Å². The van der Waals surface area contributed by atoms with E-state index in [1.807, 2.05) is 36.5 Å². The highest BCUT2D eigenvalue weighted by Crippen LogP contribution is 2.36. The topological polar surface area (TPSA) is 87.4 Å². The van der Waals surface area contributed by atoms with Gasteiger partial charge in [0.05, 0.1) is 5.56 Å². The SMILES string of the molecule is CC1CCc2cc(-n3c(-c4cccnc4N)nc4ccc(-n5cccn5)nc43)ccc21. The molecule has 4 aromatic heterocycles. The van der Waals surface area contributed by atoms with E-state index >= 15 is 0 Å². The van der Waals surface area contributed by atoms with Crippen LogP contribution in [0.15, 0.2) is 67.1 Å². The molecule has 0 fully saturated rings. The molecule has 31 heavy (non-hydrogen) atoms. The molecule has 0 radical (unpaired) electrons. The van der Waals surface area contributed by atoms with E-state index < -0.39 is 0 Å². The fourth-order valence-corrected chi connectivity index (χ4v) is 4.47. The van der Waals surface area contributed by atoms with Crippen molar-refractivity contribution in [2.45, 2.75) is 25.7 Å². The number of nitrogen functional groups attached to an aromatic ring is 1. The molecule has 7 heteroatoms. The number of imidazole rings is 1. The summed E-state index contributed by atoms with van der Waals surface area (Å²) >= 11 is 0. The maximum atomic E-state index is 6.24. The van der Waals surface area contributed by atoms with Crippen LogP contribution in [0.3, 0.4) is 0 Å². The molecule has 6 rings (SSSR count). The third-order valence-corrected chi connectivity index (χ3v) is 6.07. The molecule has 0 saturated carbocycles. The zero-order chi connectivity index (χ0) is 20.9. The number of hydrogen-bond acceptors (Lipinski definition) is 5. The minimum atomic E-state index is 0.445. The summed E-state index contributed by atoms with van der Waals surface area (Å²) in [6.07, 6.45) is 7.59. The molecule has 1 aliphatic carbocycles. The second-order valence-corrected chi connectivity index (χ2v) is 7.99. The molecule has 1 aliphatic rings. The van der Waals surface area contributed by atoms with E-state index in [9.17, 15) is 0 Å². The number of nitrogens with zero attached hydrogens (tertiary/aromatic N) is 6. The Hall–Kier alpha value is -4.00. The summed E-state index contributed by atoms with van der Waals surface area (Å²) in [6, 6.07) is 16.3. The van der Waals surface area contributed by atoms with Gasteiger partial charge in [0.1, 0.15) is 11.3 Å². The predicted octanol–water partition coefficient (Wildman–Crippen LogP) is 4.30. The van der Waals surface area contributed by atoms with Crippen molar-refractivity contribution >= 4 is 17.0 Å². The Balaban J connectivity index is 1.64. The van der Waals surface area contributed by atoms with Gasteiger partial charge in [-0.2, -0.15) is 5.10 Å². The fourth-order valence-electron chi connectivity index (χ4n) is 4.47. The third kappa shape index (κ3) is 2.81. The Morgan fingerprint density at radius 1 is 1.03 bits per heavy atom. The first kappa shape index (κ1) is 17.8. The first-order valence-electron chi connectivity index (χ1n) is 10.4. The molecule has 1 atom stereocenters. The number of anilines is 1. The summed E-state index contributed by atoms with van der Waals surface area (Å²) < 4.78 is 3.83. The summed E-state index contributed by atoms with van der Waals surface area (Å²) in [7, 11) is 0. The Morgan fingerprint density at radius 2 is 1.97 bits per heavy atom. The van der Waals surface area contributed by atoms with Crippen LogP contribution in [-0.2, 0) is 6.42 Å². The lowest BCUT2D eigenvalue weighted by Crippen LogP contribution is -2.04. The molecular weight excluding hydrogens is 386 g/mol. The van der Waals surface area contributed by atoms with Gasteiger partial charge in [-0.05, 0) is 72.4 Å². The predicted molar refractivity (Wildman–Crippen MR) is 120 cm³/mol. The highest BCUT2D eigenvalue weighted by atomic mass is 15.3. The maximum absolute atomic E-state index is 6.24. The van der Waals surface area contributed by atoms with Crippen LogP contribution in [0.4, 0.5) is 5.82 Å². The van der Waals surface area contributed by atoms with Crippen molar-refractivity contribution in [3.63, 3.8) is 0 Å². The second-order valence-electron chi connectivity index (χ2n) is 7.99. The number of nitrogens with two attached hydrogens (primary N) is 1. The molecule has 2 N–H and O–H groups in total. The zero-order valence-electron chi connectivity index (χ0n) is 17.1. The number of rotatable bonds is 3. The molecule has 1 unspecified atom stereocenters. The summed E-state index contributed by atoms with van der Waals surface area (Å²) in [6.45, 7) is 2.29. The second kappa shape index (κ2) is 6.77. The fraction of sp³-hybridized carbons (Fsp3) is 0.167. The Morgan fingerprint density at radius 3 is 2.81 bits per heavy atom. The van der Waals surface area contributed by atoms with Crippen molar-refractivity contribution < 1.29 is 0 Å². The zero-order valence-corrected chi connectivity index (χ0v) is 17.1. The van der Waals surface area contributed by atoms with E-state index in [1.54, 1.807) is 17.1 Å². The standard InChI is InChI=1S/C24H21N7/c1-15-5-6-16-14-17(7-8-18(15)16)31-23(19-4-2-11-26-22(19)25)28-20-9-10-21(29-24(20)31)30-13-3-12-27-30/h2-4,7-15H,5-6H2,1H3,(H2,25,26). The maximum Gasteiger partial charge on any atom is 0.167 e. The molecule has 0 saturated heterocycles.